The lowest BCUT2D eigenvalue weighted by Crippen LogP contribution is -2.53. The number of ether oxygens (including phenoxy) is 3. The predicted octanol–water partition coefficient (Wildman–Crippen LogP) is 5.55. The summed E-state index contributed by atoms with van der Waals surface area (Å²) in [6.07, 6.45) is 2.45. The maximum Gasteiger partial charge on any atom is 0.417 e. The number of rotatable bonds is 7. The molecule has 13 heteroatoms. The van der Waals surface area contributed by atoms with Gasteiger partial charge in [0.2, 0.25) is 0 Å². The number of H-pyrrole nitrogens is 1. The highest BCUT2D eigenvalue weighted by molar-refractivity contribution is 6.32. The molecule has 0 saturated carbocycles. The van der Waals surface area contributed by atoms with Crippen LogP contribution in [0.4, 0.5) is 21.0 Å². The van der Waals surface area contributed by atoms with Gasteiger partial charge in [-0.2, -0.15) is 0 Å². The second kappa shape index (κ2) is 11.4. The number of benzene rings is 1. The number of likely N-dealkylation sites (tertiary alicyclic amines) is 1. The van der Waals surface area contributed by atoms with E-state index in [1.165, 1.54) is 18.2 Å². The topological polar surface area (TPSA) is 146 Å². The quantitative estimate of drug-likeness (QED) is 0.319. The van der Waals surface area contributed by atoms with Gasteiger partial charge < -0.3 is 34.5 Å². The lowest BCUT2D eigenvalue weighted by atomic mass is 10.0. The van der Waals surface area contributed by atoms with Crippen molar-refractivity contribution < 1.29 is 33.7 Å². The van der Waals surface area contributed by atoms with Gasteiger partial charge in [0.1, 0.15) is 18.0 Å². The Morgan fingerprint density at radius 2 is 2.02 bits per heavy atom. The summed E-state index contributed by atoms with van der Waals surface area (Å²) >= 11 is 6.39. The van der Waals surface area contributed by atoms with Crippen molar-refractivity contribution in [1.29, 1.82) is 0 Å². The maximum atomic E-state index is 13.9. The Morgan fingerprint density at radius 3 is 2.69 bits per heavy atom. The van der Waals surface area contributed by atoms with Crippen molar-refractivity contribution in [2.45, 2.75) is 45.3 Å². The fraction of sp³-hybridized carbons (Fsp3) is 0.379. The van der Waals surface area contributed by atoms with Gasteiger partial charge in [0.25, 0.3) is 5.91 Å². The van der Waals surface area contributed by atoms with Gasteiger partial charge in [-0.25, -0.2) is 14.5 Å². The third-order valence-electron chi connectivity index (χ3n) is 7.04. The largest absolute Gasteiger partial charge is 0.493 e. The summed E-state index contributed by atoms with van der Waals surface area (Å²) in [4.78, 5) is 48.3. The van der Waals surface area contributed by atoms with Crippen LogP contribution in [0.1, 0.15) is 43.2 Å². The van der Waals surface area contributed by atoms with E-state index in [2.05, 4.69) is 15.3 Å². The van der Waals surface area contributed by atoms with Crippen LogP contribution in [-0.2, 0) is 11.2 Å². The normalized spacial score (nSPS) is 16.4. The van der Waals surface area contributed by atoms with E-state index in [1.54, 1.807) is 51.2 Å². The van der Waals surface area contributed by atoms with Crippen LogP contribution in [-0.4, -0.2) is 81.4 Å². The molecule has 2 aliphatic rings. The molecule has 1 aromatic carbocycles. The fourth-order valence-corrected chi connectivity index (χ4v) is 5.21. The first kappa shape index (κ1) is 29.1. The summed E-state index contributed by atoms with van der Waals surface area (Å²) in [5.74, 6) is 0.239. The molecule has 0 aliphatic carbocycles. The van der Waals surface area contributed by atoms with Gasteiger partial charge in [0.05, 0.1) is 47.0 Å². The standard InChI is InChI=1S/C29H32ClN5O7/c1-29(2,3)42-28(39)35-13-10-19-22(26(35)36)24(33-20-7-5-6-18(30)25(20)40-4)23(32-19)17-8-11-31-14-21(17)41-15-16-9-12-34(16)27(37)38/h5-8,11,14,16,32-33H,9-10,12-13,15H2,1-4H3,(H,37,38)/t16-/m0/s1. The molecule has 222 valence electrons. The van der Waals surface area contributed by atoms with E-state index in [9.17, 15) is 19.5 Å². The maximum absolute atomic E-state index is 13.9. The Hall–Kier alpha value is -4.45. The van der Waals surface area contributed by atoms with Crippen LogP contribution in [0.15, 0.2) is 36.7 Å². The summed E-state index contributed by atoms with van der Waals surface area (Å²) in [6, 6.07) is 6.65. The number of nitrogens with zero attached hydrogens (tertiary/aromatic N) is 3. The number of pyridine rings is 1. The number of carbonyl (C=O) groups is 3. The number of amides is 3. The van der Waals surface area contributed by atoms with E-state index in [-0.39, 0.29) is 24.8 Å². The Bertz CT molecular complexity index is 1530. The minimum absolute atomic E-state index is 0.132. The molecule has 0 spiro atoms. The number of fused-ring (bicyclic) bond motifs is 1. The van der Waals surface area contributed by atoms with Crippen LogP contribution < -0.4 is 14.8 Å². The van der Waals surface area contributed by atoms with E-state index in [1.807, 2.05) is 0 Å². The van der Waals surface area contributed by atoms with Crippen LogP contribution in [0.2, 0.25) is 5.02 Å². The molecule has 42 heavy (non-hydrogen) atoms. The van der Waals surface area contributed by atoms with Gasteiger partial charge in [-0.1, -0.05) is 17.7 Å². The lowest BCUT2D eigenvalue weighted by Gasteiger charge is -2.38. The zero-order valence-electron chi connectivity index (χ0n) is 23.7. The first-order chi connectivity index (χ1) is 20.0. The molecule has 3 aromatic rings. The molecule has 2 aromatic heterocycles. The Morgan fingerprint density at radius 1 is 1.24 bits per heavy atom. The average Bonchev–Trinajstić information content (AvgIpc) is 3.26. The number of anilines is 2. The van der Waals surface area contributed by atoms with Gasteiger partial charge >= 0.3 is 12.2 Å². The molecular formula is C29H32ClN5O7. The van der Waals surface area contributed by atoms with Crippen molar-refractivity contribution in [1.82, 2.24) is 19.8 Å². The van der Waals surface area contributed by atoms with Crippen LogP contribution in [0, 0.1) is 0 Å². The predicted molar refractivity (Wildman–Crippen MR) is 155 cm³/mol. The van der Waals surface area contributed by atoms with Crippen LogP contribution in [0.5, 0.6) is 11.5 Å². The number of aromatic nitrogens is 2. The SMILES string of the molecule is COc1c(Cl)cccc1Nc1c(-c2ccncc2OC[C@@H]2CCN2C(=O)O)[nH]c2c1C(=O)N(C(=O)OC(C)(C)C)CC2. The number of aromatic amines is 1. The van der Waals surface area contributed by atoms with E-state index in [0.29, 0.717) is 64.2 Å². The van der Waals surface area contributed by atoms with Gasteiger partial charge in [0, 0.05) is 37.0 Å². The number of methoxy groups -OCH3 is 1. The van der Waals surface area contributed by atoms with Crippen molar-refractivity contribution >= 4 is 41.1 Å². The molecule has 1 saturated heterocycles. The highest BCUT2D eigenvalue weighted by Gasteiger charge is 2.38. The molecule has 4 heterocycles. The zero-order valence-corrected chi connectivity index (χ0v) is 24.4. The molecule has 5 rings (SSSR count). The minimum atomic E-state index is -0.992. The number of imide groups is 1. The zero-order chi connectivity index (χ0) is 30.2. The van der Waals surface area contributed by atoms with E-state index in [0.717, 1.165) is 4.90 Å². The third-order valence-corrected chi connectivity index (χ3v) is 7.34. The number of carbonyl (C=O) groups excluding carboxylic acids is 2. The Kier molecular flexibility index (Phi) is 7.91. The second-order valence-electron chi connectivity index (χ2n) is 11.0. The van der Waals surface area contributed by atoms with Crippen LogP contribution in [0.3, 0.4) is 0 Å². The highest BCUT2D eigenvalue weighted by Crippen LogP contribution is 2.44. The number of halogens is 1. The first-order valence-corrected chi connectivity index (χ1v) is 13.8. The molecular weight excluding hydrogens is 566 g/mol. The van der Waals surface area contributed by atoms with Crippen molar-refractivity contribution in [2.24, 2.45) is 0 Å². The Labute approximate surface area is 247 Å². The first-order valence-electron chi connectivity index (χ1n) is 13.4. The van der Waals surface area contributed by atoms with Gasteiger partial charge in [0.15, 0.2) is 5.75 Å². The van der Waals surface area contributed by atoms with E-state index < -0.39 is 23.7 Å². The summed E-state index contributed by atoms with van der Waals surface area (Å²) in [6.45, 7) is 5.94. The molecule has 0 unspecified atom stereocenters. The third kappa shape index (κ3) is 5.67. The number of nitrogens with one attached hydrogen (secondary N) is 2. The summed E-state index contributed by atoms with van der Waals surface area (Å²) in [5.41, 5.74) is 2.09. The monoisotopic (exact) mass is 597 g/mol. The number of hydrogen-bond donors (Lipinski definition) is 3. The molecule has 3 amide bonds. The highest BCUT2D eigenvalue weighted by atomic mass is 35.5. The summed E-state index contributed by atoms with van der Waals surface area (Å²) < 4.78 is 17.1. The summed E-state index contributed by atoms with van der Waals surface area (Å²) in [7, 11) is 1.49. The van der Waals surface area contributed by atoms with Crippen LogP contribution in [0.25, 0.3) is 11.3 Å². The van der Waals surface area contributed by atoms with Gasteiger partial charge in [-0.15, -0.1) is 0 Å². The number of hydrogen-bond acceptors (Lipinski definition) is 8. The molecule has 0 bridgehead atoms. The molecule has 3 N–H and O–H groups in total. The van der Waals surface area contributed by atoms with Crippen molar-refractivity contribution in [3.63, 3.8) is 0 Å². The fourth-order valence-electron chi connectivity index (χ4n) is 4.96. The second-order valence-corrected chi connectivity index (χ2v) is 11.4. The molecule has 0 radical (unpaired) electrons. The lowest BCUT2D eigenvalue weighted by molar-refractivity contribution is 0.0233. The molecule has 12 nitrogen and oxygen atoms in total. The van der Waals surface area contributed by atoms with Crippen molar-refractivity contribution in [3.05, 3.63) is 52.9 Å². The Balaban J connectivity index is 1.57. The molecule has 1 fully saturated rings. The van der Waals surface area contributed by atoms with Crippen molar-refractivity contribution in [2.75, 3.05) is 32.1 Å². The van der Waals surface area contributed by atoms with E-state index in [4.69, 9.17) is 25.8 Å². The van der Waals surface area contributed by atoms with Gasteiger partial charge in [-0.05, 0) is 45.4 Å². The molecule has 1 atom stereocenters. The number of para-hydroxylation sites is 1. The minimum Gasteiger partial charge on any atom is -0.493 e. The summed E-state index contributed by atoms with van der Waals surface area (Å²) in [5, 5.41) is 13.0. The van der Waals surface area contributed by atoms with E-state index >= 15 is 0 Å². The van der Waals surface area contributed by atoms with Crippen molar-refractivity contribution in [3.8, 4) is 22.8 Å². The van der Waals surface area contributed by atoms with Gasteiger partial charge in [-0.3, -0.25) is 9.78 Å². The number of carboxylic acid groups (broad SMARTS) is 1. The molecule has 2 aliphatic heterocycles. The average molecular weight is 598 g/mol. The van der Waals surface area contributed by atoms with Crippen LogP contribution >= 0.6 is 11.6 Å². The smallest absolute Gasteiger partial charge is 0.417 e.